The second-order valence-electron chi connectivity index (χ2n) is 3.84. The molecule has 0 amide bonds. The molecule has 17 heavy (non-hydrogen) atoms. The van der Waals surface area contributed by atoms with Crippen LogP contribution in [0.3, 0.4) is 0 Å². The van der Waals surface area contributed by atoms with E-state index in [-0.39, 0.29) is 0 Å². The first kappa shape index (κ1) is 12.4. The van der Waals surface area contributed by atoms with Gasteiger partial charge in [0.1, 0.15) is 12.4 Å². The van der Waals surface area contributed by atoms with Crippen molar-refractivity contribution in [2.75, 3.05) is 0 Å². The summed E-state index contributed by atoms with van der Waals surface area (Å²) in [7, 11) is 0. The molecule has 0 atom stereocenters. The molecule has 90 valence electrons. The van der Waals surface area contributed by atoms with Crippen LogP contribution in [0.4, 0.5) is 0 Å². The van der Waals surface area contributed by atoms with Crippen molar-refractivity contribution in [1.29, 1.82) is 0 Å². The van der Waals surface area contributed by atoms with Gasteiger partial charge in [-0.3, -0.25) is 4.68 Å². The normalized spacial score (nSPS) is 10.5. The minimum atomic E-state index is 0.565. The van der Waals surface area contributed by atoms with Crippen LogP contribution < -0.4 is 4.74 Å². The van der Waals surface area contributed by atoms with Gasteiger partial charge in [-0.2, -0.15) is 5.10 Å². The van der Waals surface area contributed by atoms with E-state index in [1.807, 2.05) is 35.9 Å². The molecule has 0 spiro atoms. The van der Waals surface area contributed by atoms with Crippen molar-refractivity contribution >= 4 is 22.6 Å². The first-order chi connectivity index (χ1) is 8.19. The molecule has 0 saturated heterocycles. The lowest BCUT2D eigenvalue weighted by molar-refractivity contribution is 0.292. The van der Waals surface area contributed by atoms with Crippen molar-refractivity contribution in [2.24, 2.45) is 0 Å². The molecule has 0 fully saturated rings. The largest absolute Gasteiger partial charge is 0.487 e. The molecule has 0 N–H and O–H groups in total. The van der Waals surface area contributed by atoms with Crippen LogP contribution in [-0.4, -0.2) is 9.78 Å². The van der Waals surface area contributed by atoms with E-state index in [1.54, 1.807) is 0 Å². The summed E-state index contributed by atoms with van der Waals surface area (Å²) in [5.41, 5.74) is 2.15. The summed E-state index contributed by atoms with van der Waals surface area (Å²) in [5.74, 6) is 0.895. The Bertz CT molecular complexity index is 491. The van der Waals surface area contributed by atoms with Crippen LogP contribution in [0.2, 0.25) is 0 Å². The Morgan fingerprint density at radius 1 is 1.29 bits per heavy atom. The van der Waals surface area contributed by atoms with Gasteiger partial charge < -0.3 is 4.74 Å². The zero-order chi connectivity index (χ0) is 12.3. The first-order valence-corrected chi connectivity index (χ1v) is 6.68. The lowest BCUT2D eigenvalue weighted by Gasteiger charge is -2.07. The predicted molar refractivity (Wildman–Crippen MR) is 76.1 cm³/mol. The summed E-state index contributed by atoms with van der Waals surface area (Å²) in [6.45, 7) is 5.52. The van der Waals surface area contributed by atoms with Crippen LogP contribution in [0.15, 0.2) is 30.3 Å². The van der Waals surface area contributed by atoms with Gasteiger partial charge in [0.2, 0.25) is 0 Å². The topological polar surface area (TPSA) is 27.1 Å². The van der Waals surface area contributed by atoms with Gasteiger partial charge in [-0.05, 0) is 66.8 Å². The summed E-state index contributed by atoms with van der Waals surface area (Å²) in [6, 6.07) is 10.1. The Hall–Kier alpha value is -1.04. The molecule has 3 nitrogen and oxygen atoms in total. The number of halogens is 1. The third kappa shape index (κ3) is 3.21. The Balaban J connectivity index is 2.04. The lowest BCUT2D eigenvalue weighted by Crippen LogP contribution is -2.06. The van der Waals surface area contributed by atoms with E-state index in [2.05, 4.69) is 40.7 Å². The van der Waals surface area contributed by atoms with E-state index in [4.69, 9.17) is 4.74 Å². The third-order valence-electron chi connectivity index (χ3n) is 2.49. The SMILES string of the molecule is CCn1nc(C)cc1COc1ccc(I)cc1. The molecule has 4 heteroatoms. The molecule has 2 rings (SSSR count). The van der Waals surface area contributed by atoms with Crippen molar-refractivity contribution in [2.45, 2.75) is 27.0 Å². The third-order valence-corrected chi connectivity index (χ3v) is 3.20. The van der Waals surface area contributed by atoms with E-state index in [9.17, 15) is 0 Å². The molecule has 1 heterocycles. The highest BCUT2D eigenvalue weighted by Crippen LogP contribution is 2.15. The number of rotatable bonds is 4. The van der Waals surface area contributed by atoms with E-state index in [0.717, 1.165) is 23.7 Å². The second-order valence-corrected chi connectivity index (χ2v) is 5.08. The number of aromatic nitrogens is 2. The molecule has 0 aliphatic heterocycles. The molecular formula is C13H15IN2O. The minimum Gasteiger partial charge on any atom is -0.487 e. The average molecular weight is 342 g/mol. The van der Waals surface area contributed by atoms with Gasteiger partial charge in [-0.25, -0.2) is 0 Å². The number of hydrogen-bond acceptors (Lipinski definition) is 2. The van der Waals surface area contributed by atoms with Crippen LogP contribution in [0.1, 0.15) is 18.3 Å². The molecule has 0 bridgehead atoms. The van der Waals surface area contributed by atoms with Crippen molar-refractivity contribution in [3.8, 4) is 5.75 Å². The second kappa shape index (κ2) is 5.53. The smallest absolute Gasteiger partial charge is 0.130 e. The Labute approximate surface area is 115 Å². The Kier molecular flexibility index (Phi) is 4.04. The Morgan fingerprint density at radius 2 is 2.00 bits per heavy atom. The zero-order valence-corrected chi connectivity index (χ0v) is 12.1. The predicted octanol–water partition coefficient (Wildman–Crippen LogP) is 3.40. The van der Waals surface area contributed by atoms with E-state index < -0.39 is 0 Å². The highest BCUT2D eigenvalue weighted by Gasteiger charge is 2.04. The lowest BCUT2D eigenvalue weighted by atomic mass is 10.3. The summed E-state index contributed by atoms with van der Waals surface area (Å²) in [6.07, 6.45) is 0. The zero-order valence-electron chi connectivity index (χ0n) is 9.98. The van der Waals surface area contributed by atoms with Crippen molar-refractivity contribution in [1.82, 2.24) is 9.78 Å². The van der Waals surface area contributed by atoms with E-state index in [0.29, 0.717) is 6.61 Å². The van der Waals surface area contributed by atoms with Gasteiger partial charge >= 0.3 is 0 Å². The van der Waals surface area contributed by atoms with Crippen LogP contribution in [0, 0.1) is 10.5 Å². The number of hydrogen-bond donors (Lipinski definition) is 0. The fraction of sp³-hybridized carbons (Fsp3) is 0.308. The van der Waals surface area contributed by atoms with Gasteiger partial charge in [0.25, 0.3) is 0 Å². The minimum absolute atomic E-state index is 0.565. The molecule has 0 radical (unpaired) electrons. The number of aryl methyl sites for hydroxylation is 2. The summed E-state index contributed by atoms with van der Waals surface area (Å²) < 4.78 is 8.93. The highest BCUT2D eigenvalue weighted by molar-refractivity contribution is 14.1. The molecule has 0 unspecified atom stereocenters. The fourth-order valence-electron chi connectivity index (χ4n) is 1.68. The van der Waals surface area contributed by atoms with Crippen LogP contribution in [0.25, 0.3) is 0 Å². The molecule has 1 aromatic heterocycles. The van der Waals surface area contributed by atoms with E-state index >= 15 is 0 Å². The maximum absolute atomic E-state index is 5.74. The standard InChI is InChI=1S/C13H15IN2O/c1-3-16-12(8-10(2)15-16)9-17-13-6-4-11(14)5-7-13/h4-8H,3,9H2,1-2H3. The van der Waals surface area contributed by atoms with Gasteiger partial charge in [-0.1, -0.05) is 0 Å². The maximum atomic E-state index is 5.74. The summed E-state index contributed by atoms with van der Waals surface area (Å²) in [4.78, 5) is 0. The molecular weight excluding hydrogens is 327 g/mol. The van der Waals surface area contributed by atoms with Crippen LogP contribution in [0.5, 0.6) is 5.75 Å². The number of nitrogens with zero attached hydrogens (tertiary/aromatic N) is 2. The van der Waals surface area contributed by atoms with Gasteiger partial charge in [0.15, 0.2) is 0 Å². The monoisotopic (exact) mass is 342 g/mol. The first-order valence-electron chi connectivity index (χ1n) is 5.60. The fourth-order valence-corrected chi connectivity index (χ4v) is 2.04. The number of benzene rings is 1. The van der Waals surface area contributed by atoms with Gasteiger partial charge in [-0.15, -0.1) is 0 Å². The Morgan fingerprint density at radius 3 is 2.65 bits per heavy atom. The number of ether oxygens (including phenoxy) is 1. The van der Waals surface area contributed by atoms with E-state index in [1.165, 1.54) is 3.57 Å². The molecule has 0 saturated carbocycles. The highest BCUT2D eigenvalue weighted by atomic mass is 127. The summed E-state index contributed by atoms with van der Waals surface area (Å²) >= 11 is 2.28. The molecule has 0 aliphatic rings. The van der Waals surface area contributed by atoms with Gasteiger partial charge in [0, 0.05) is 10.1 Å². The van der Waals surface area contributed by atoms with Crippen LogP contribution >= 0.6 is 22.6 Å². The van der Waals surface area contributed by atoms with Crippen LogP contribution in [-0.2, 0) is 13.2 Å². The van der Waals surface area contributed by atoms with Crippen molar-refractivity contribution < 1.29 is 4.74 Å². The maximum Gasteiger partial charge on any atom is 0.130 e. The molecule has 2 aromatic rings. The quantitative estimate of drug-likeness (QED) is 0.797. The summed E-state index contributed by atoms with van der Waals surface area (Å²) in [5, 5.41) is 4.39. The van der Waals surface area contributed by atoms with Crippen molar-refractivity contribution in [3.63, 3.8) is 0 Å². The van der Waals surface area contributed by atoms with Crippen molar-refractivity contribution in [3.05, 3.63) is 45.3 Å². The average Bonchev–Trinajstić information content (AvgIpc) is 2.69. The molecule has 1 aromatic carbocycles. The van der Waals surface area contributed by atoms with Gasteiger partial charge in [0.05, 0.1) is 11.4 Å². The molecule has 0 aliphatic carbocycles.